The first-order chi connectivity index (χ1) is 4.41. The van der Waals surface area contributed by atoms with E-state index in [0.29, 0.717) is 0 Å². The van der Waals surface area contributed by atoms with Gasteiger partial charge in [0.1, 0.15) is 6.79 Å². The third-order valence-corrected chi connectivity index (χ3v) is 0.577. The lowest BCUT2D eigenvalue weighted by Gasteiger charge is -1.90. The molecule has 0 amide bonds. The lowest BCUT2D eigenvalue weighted by Crippen LogP contribution is -2.11. The highest BCUT2D eigenvalue weighted by atomic mass is 35.5. The Morgan fingerprint density at radius 2 is 1.40 bits per heavy atom. The van der Waals surface area contributed by atoms with Gasteiger partial charge in [0.2, 0.25) is 0 Å². The molecule has 10 heavy (non-hydrogen) atoms. The number of hydrogen-bond donors (Lipinski definition) is 1. The number of carbonyl (C=O) groups is 1. The van der Waals surface area contributed by atoms with Crippen LogP contribution < -0.4 is 5.32 Å². The van der Waals surface area contributed by atoms with Gasteiger partial charge in [-0.3, -0.25) is 0 Å². The fourth-order valence-corrected chi connectivity index (χ4v) is 0.287. The summed E-state index contributed by atoms with van der Waals surface area (Å²) < 4.78 is 0. The molecule has 3 heteroatoms. The lowest BCUT2D eigenvalue weighted by atomic mass is 10.5. The van der Waals surface area contributed by atoms with E-state index >= 15 is 0 Å². The zero-order valence-corrected chi connectivity index (χ0v) is 6.82. The van der Waals surface area contributed by atoms with E-state index in [1.807, 2.05) is 18.9 Å². The van der Waals surface area contributed by atoms with Crippen molar-refractivity contribution < 1.29 is 4.79 Å². The van der Waals surface area contributed by atoms with E-state index in [1.165, 1.54) is 0 Å². The second-order valence-corrected chi connectivity index (χ2v) is 1.24. The molecule has 0 aromatic rings. The summed E-state index contributed by atoms with van der Waals surface area (Å²) in [6.07, 6.45) is 3.65. The summed E-state index contributed by atoms with van der Waals surface area (Å²) >= 11 is 0. The summed E-state index contributed by atoms with van der Waals surface area (Å²) in [6, 6.07) is 0. The van der Waals surface area contributed by atoms with Gasteiger partial charge in [-0.2, -0.15) is 0 Å². The fourth-order valence-electron chi connectivity index (χ4n) is 0.287. The second kappa shape index (κ2) is 23.8. The van der Waals surface area contributed by atoms with E-state index < -0.39 is 0 Å². The Bertz CT molecular complexity index is 68.0. The molecule has 0 bridgehead atoms. The van der Waals surface area contributed by atoms with Crippen LogP contribution in [-0.2, 0) is 4.79 Å². The van der Waals surface area contributed by atoms with Gasteiger partial charge in [-0.25, -0.2) is 0 Å². The quantitative estimate of drug-likeness (QED) is 0.498. The van der Waals surface area contributed by atoms with E-state index in [1.54, 1.807) is 0 Å². The highest BCUT2D eigenvalue weighted by Gasteiger charge is 1.69. The number of hydrogen-bond acceptors (Lipinski definition) is 2. The second-order valence-electron chi connectivity index (χ2n) is 1.24. The summed E-state index contributed by atoms with van der Waals surface area (Å²) in [5.41, 5.74) is 0. The number of rotatable bonds is 4. The molecule has 1 N–H and O–H groups in total. The van der Waals surface area contributed by atoms with Gasteiger partial charge in [0.15, 0.2) is 0 Å². The average molecular weight is 164 g/mol. The molecule has 0 aliphatic rings. The summed E-state index contributed by atoms with van der Waals surface area (Å²) in [6.45, 7) is 10.8. The van der Waals surface area contributed by atoms with Crippen LogP contribution in [-0.4, -0.2) is 19.9 Å². The Morgan fingerprint density at radius 3 is 1.60 bits per heavy atom. The van der Waals surface area contributed by atoms with Crippen molar-refractivity contribution in [1.29, 1.82) is 0 Å². The van der Waals surface area contributed by atoms with Crippen molar-refractivity contribution in [3.63, 3.8) is 0 Å². The van der Waals surface area contributed by atoms with E-state index in [9.17, 15) is 0 Å². The molecule has 0 saturated carbocycles. The molecule has 0 saturated heterocycles. The smallest absolute Gasteiger partial charge is 0.106 e. The summed E-state index contributed by atoms with van der Waals surface area (Å²) in [5, 5.41) is 3.05. The molecular weight excluding hydrogens is 150 g/mol. The Kier molecular flexibility index (Phi) is 38.5. The van der Waals surface area contributed by atoms with Gasteiger partial charge in [0.05, 0.1) is 0 Å². The minimum atomic E-state index is 0. The Morgan fingerprint density at radius 1 is 1.10 bits per heavy atom. The van der Waals surface area contributed by atoms with Crippen LogP contribution in [0.15, 0.2) is 25.3 Å². The molecule has 0 aliphatic carbocycles. The maximum absolute atomic E-state index is 8.00. The summed E-state index contributed by atoms with van der Waals surface area (Å²) in [7, 11) is 0. The van der Waals surface area contributed by atoms with E-state index in [4.69, 9.17) is 4.79 Å². The van der Waals surface area contributed by atoms with Gasteiger partial charge >= 0.3 is 0 Å². The van der Waals surface area contributed by atoms with Crippen LogP contribution in [0.4, 0.5) is 0 Å². The van der Waals surface area contributed by atoms with Crippen LogP contribution in [0.2, 0.25) is 0 Å². The van der Waals surface area contributed by atoms with Crippen molar-refractivity contribution in [2.75, 3.05) is 13.1 Å². The van der Waals surface area contributed by atoms with Crippen molar-refractivity contribution in [3.8, 4) is 0 Å². The Balaban J connectivity index is -0.000000149. The molecule has 0 aromatic carbocycles. The number of carbonyl (C=O) groups excluding carboxylic acids is 1. The average Bonchev–Trinajstić information content (AvgIpc) is 1.94. The maximum Gasteiger partial charge on any atom is 0.106 e. The van der Waals surface area contributed by atoms with Crippen molar-refractivity contribution in [3.05, 3.63) is 25.3 Å². The molecule has 0 spiro atoms. The van der Waals surface area contributed by atoms with Crippen molar-refractivity contribution >= 4 is 19.2 Å². The lowest BCUT2D eigenvalue weighted by molar-refractivity contribution is -0.0979. The van der Waals surface area contributed by atoms with Crippen LogP contribution in [0.3, 0.4) is 0 Å². The molecule has 0 rings (SSSR count). The van der Waals surface area contributed by atoms with Crippen molar-refractivity contribution in [2.24, 2.45) is 0 Å². The molecule has 0 atom stereocenters. The Hall–Kier alpha value is -0.600. The van der Waals surface area contributed by atoms with Gasteiger partial charge < -0.3 is 10.1 Å². The zero-order chi connectivity index (χ0) is 7.54. The van der Waals surface area contributed by atoms with Gasteiger partial charge in [-0.15, -0.1) is 25.6 Å². The van der Waals surface area contributed by atoms with E-state index in [0.717, 1.165) is 13.1 Å². The van der Waals surface area contributed by atoms with Crippen LogP contribution in [0.1, 0.15) is 0 Å². The molecule has 0 unspecified atom stereocenters. The molecule has 2 nitrogen and oxygen atoms in total. The first kappa shape index (κ1) is 16.2. The number of halogens is 1. The van der Waals surface area contributed by atoms with Crippen LogP contribution >= 0.6 is 12.4 Å². The predicted molar refractivity (Wildman–Crippen MR) is 47.6 cm³/mol. The molecule has 0 fully saturated rings. The highest BCUT2D eigenvalue weighted by molar-refractivity contribution is 5.85. The monoisotopic (exact) mass is 163 g/mol. The fraction of sp³-hybridized carbons (Fsp3) is 0.286. The molecule has 0 heterocycles. The summed E-state index contributed by atoms with van der Waals surface area (Å²) in [5.74, 6) is 0. The minimum absolute atomic E-state index is 0. The van der Waals surface area contributed by atoms with Gasteiger partial charge in [0.25, 0.3) is 0 Å². The Labute approximate surface area is 68.4 Å². The molecular formula is C7H14ClNO. The minimum Gasteiger partial charge on any atom is -0.310 e. The zero-order valence-electron chi connectivity index (χ0n) is 6.01. The van der Waals surface area contributed by atoms with Gasteiger partial charge in [-0.05, 0) is 0 Å². The SMILES string of the molecule is C=CCNCC=C.C=O.Cl. The topological polar surface area (TPSA) is 29.1 Å². The van der Waals surface area contributed by atoms with Crippen LogP contribution in [0, 0.1) is 0 Å². The first-order valence-electron chi connectivity index (χ1n) is 2.63. The third-order valence-electron chi connectivity index (χ3n) is 0.577. The normalized spacial score (nSPS) is 6.00. The molecule has 0 aromatic heterocycles. The van der Waals surface area contributed by atoms with Crippen molar-refractivity contribution in [1.82, 2.24) is 5.32 Å². The standard InChI is InChI=1S/C6H11N.CH2O.ClH/c1-3-5-7-6-4-2;1-2;/h3-4,7H,1-2,5-6H2;1H2;1H. The maximum atomic E-state index is 8.00. The summed E-state index contributed by atoms with van der Waals surface area (Å²) in [4.78, 5) is 8.00. The molecule has 0 aliphatic heterocycles. The third kappa shape index (κ3) is 26.2. The van der Waals surface area contributed by atoms with E-state index in [-0.39, 0.29) is 12.4 Å². The molecule has 0 radical (unpaired) electrons. The number of nitrogens with one attached hydrogen (secondary N) is 1. The van der Waals surface area contributed by atoms with Crippen LogP contribution in [0.25, 0.3) is 0 Å². The largest absolute Gasteiger partial charge is 0.310 e. The highest BCUT2D eigenvalue weighted by Crippen LogP contribution is 1.59. The van der Waals surface area contributed by atoms with Gasteiger partial charge in [-0.1, -0.05) is 12.2 Å². The van der Waals surface area contributed by atoms with Crippen molar-refractivity contribution in [2.45, 2.75) is 0 Å². The van der Waals surface area contributed by atoms with Crippen LogP contribution in [0.5, 0.6) is 0 Å². The van der Waals surface area contributed by atoms with Gasteiger partial charge in [0, 0.05) is 13.1 Å². The first-order valence-corrected chi connectivity index (χ1v) is 2.63. The molecule has 60 valence electrons. The van der Waals surface area contributed by atoms with E-state index in [2.05, 4.69) is 18.5 Å². The predicted octanol–water partition coefficient (Wildman–Crippen LogP) is 1.18.